The lowest BCUT2D eigenvalue weighted by atomic mass is 9.50. The molecule has 0 spiro atoms. The van der Waals surface area contributed by atoms with Crippen LogP contribution in [0.25, 0.3) is 0 Å². The van der Waals surface area contributed by atoms with Gasteiger partial charge in [0, 0.05) is 0 Å². The van der Waals surface area contributed by atoms with Gasteiger partial charge in [0.1, 0.15) is 11.4 Å². The molecule has 6 rings (SSSR count). The maximum absolute atomic E-state index is 13.1. The average molecular weight is 446 g/mol. The van der Waals surface area contributed by atoms with Crippen LogP contribution in [0.15, 0.2) is 48.5 Å². The molecule has 0 N–H and O–H groups in total. The minimum atomic E-state index is -4.87. The van der Waals surface area contributed by atoms with Crippen molar-refractivity contribution in [2.45, 2.75) is 51.0 Å². The zero-order valence-corrected chi connectivity index (χ0v) is 17.7. The van der Waals surface area contributed by atoms with E-state index in [2.05, 4.69) is 4.74 Å². The van der Waals surface area contributed by atoms with Crippen molar-refractivity contribution < 1.29 is 32.2 Å². The summed E-state index contributed by atoms with van der Waals surface area (Å²) < 4.78 is 55.1. The topological polar surface area (TPSA) is 44.8 Å². The van der Waals surface area contributed by atoms with Gasteiger partial charge in [0.05, 0.1) is 5.56 Å². The van der Waals surface area contributed by atoms with Crippen molar-refractivity contribution in [2.75, 3.05) is 0 Å². The van der Waals surface area contributed by atoms with Crippen LogP contribution in [0.5, 0.6) is 17.2 Å². The lowest BCUT2D eigenvalue weighted by molar-refractivity contribution is -0.275. The average Bonchev–Trinajstić information content (AvgIpc) is 2.72. The van der Waals surface area contributed by atoms with Gasteiger partial charge in [-0.3, -0.25) is 0 Å². The van der Waals surface area contributed by atoms with E-state index in [9.17, 15) is 18.0 Å². The maximum atomic E-state index is 13.1. The summed E-state index contributed by atoms with van der Waals surface area (Å²) in [5, 5.41) is 0. The molecule has 0 atom stereocenters. The van der Waals surface area contributed by atoms with Gasteiger partial charge in [-0.15, -0.1) is 13.2 Å². The molecule has 4 aliphatic rings. The number of esters is 1. The molecular weight excluding hydrogens is 421 g/mol. The lowest BCUT2D eigenvalue weighted by Crippen LogP contribution is -2.59. The van der Waals surface area contributed by atoms with Gasteiger partial charge in [-0.25, -0.2) is 4.79 Å². The van der Waals surface area contributed by atoms with Gasteiger partial charge in [0.25, 0.3) is 0 Å². The fourth-order valence-electron chi connectivity index (χ4n) is 6.10. The third-order valence-electron chi connectivity index (χ3n) is 7.45. The minimum Gasteiger partial charge on any atom is -0.483 e. The van der Waals surface area contributed by atoms with Crippen molar-refractivity contribution in [3.05, 3.63) is 54.1 Å². The number of hydrogen-bond donors (Lipinski definition) is 0. The molecule has 4 fully saturated rings. The van der Waals surface area contributed by atoms with Crippen LogP contribution in [0, 0.1) is 23.7 Å². The maximum Gasteiger partial charge on any atom is 0.573 e. The van der Waals surface area contributed by atoms with Crippen LogP contribution in [-0.2, 0) is 0 Å². The van der Waals surface area contributed by atoms with Gasteiger partial charge in [-0.1, -0.05) is 18.2 Å². The summed E-state index contributed by atoms with van der Waals surface area (Å²) >= 11 is 0. The first kappa shape index (κ1) is 21.2. The standard InChI is InChI=1S/C25H25F3O4/c1-24(18-10-15-9-16(12-18)13-19(24)11-15)31-22-14-17(7-8-21(22)32-25(26,27)28)23(29)30-20-5-3-2-4-6-20/h2-8,14-16,18-19H,9-13H2,1H3. The quantitative estimate of drug-likeness (QED) is 0.394. The zero-order chi connectivity index (χ0) is 22.5. The number of carbonyl (C=O) groups excluding carboxylic acids is 1. The highest BCUT2D eigenvalue weighted by atomic mass is 19.4. The van der Waals surface area contributed by atoms with E-state index in [1.54, 1.807) is 30.3 Å². The number of halogens is 3. The van der Waals surface area contributed by atoms with E-state index in [-0.39, 0.29) is 23.1 Å². The van der Waals surface area contributed by atoms with Gasteiger partial charge in [-0.2, -0.15) is 0 Å². The predicted molar refractivity (Wildman–Crippen MR) is 111 cm³/mol. The van der Waals surface area contributed by atoms with Gasteiger partial charge in [0.15, 0.2) is 11.5 Å². The molecule has 4 aliphatic carbocycles. The molecule has 0 saturated heterocycles. The summed E-state index contributed by atoms with van der Waals surface area (Å²) in [5.74, 6) is 1.12. The second kappa shape index (κ2) is 7.71. The molecule has 4 saturated carbocycles. The van der Waals surface area contributed by atoms with Gasteiger partial charge < -0.3 is 14.2 Å². The van der Waals surface area contributed by atoms with Crippen LogP contribution >= 0.6 is 0 Å². The number of hydrogen-bond acceptors (Lipinski definition) is 4. The molecule has 32 heavy (non-hydrogen) atoms. The fraction of sp³-hybridized carbons (Fsp3) is 0.480. The molecule has 0 amide bonds. The molecule has 4 bridgehead atoms. The fourth-order valence-corrected chi connectivity index (χ4v) is 6.10. The molecular formula is C25H25F3O4. The van der Waals surface area contributed by atoms with Gasteiger partial charge in [-0.05, 0) is 93.0 Å². The van der Waals surface area contributed by atoms with E-state index >= 15 is 0 Å². The molecule has 0 unspecified atom stereocenters. The Morgan fingerprint density at radius 2 is 1.53 bits per heavy atom. The third kappa shape index (κ3) is 4.05. The Morgan fingerprint density at radius 3 is 2.12 bits per heavy atom. The Kier molecular flexibility index (Phi) is 5.10. The number of carbonyl (C=O) groups is 1. The van der Waals surface area contributed by atoms with Crippen LogP contribution < -0.4 is 14.2 Å². The van der Waals surface area contributed by atoms with E-state index in [0.29, 0.717) is 17.6 Å². The zero-order valence-electron chi connectivity index (χ0n) is 17.7. The predicted octanol–water partition coefficient (Wildman–Crippen LogP) is 6.40. The van der Waals surface area contributed by atoms with Crippen molar-refractivity contribution in [1.82, 2.24) is 0 Å². The van der Waals surface area contributed by atoms with Crippen LogP contribution in [0.2, 0.25) is 0 Å². The van der Waals surface area contributed by atoms with Gasteiger partial charge in [0.2, 0.25) is 0 Å². The summed E-state index contributed by atoms with van der Waals surface area (Å²) in [6.45, 7) is 2.01. The lowest BCUT2D eigenvalue weighted by Gasteiger charge is -2.59. The van der Waals surface area contributed by atoms with Crippen molar-refractivity contribution in [3.8, 4) is 17.2 Å². The summed E-state index contributed by atoms with van der Waals surface area (Å²) in [4.78, 5) is 12.6. The highest BCUT2D eigenvalue weighted by Crippen LogP contribution is 2.59. The Bertz CT molecular complexity index is 974. The molecule has 0 aliphatic heterocycles. The van der Waals surface area contributed by atoms with Crippen LogP contribution in [0.4, 0.5) is 13.2 Å². The van der Waals surface area contributed by atoms with E-state index in [1.807, 2.05) is 6.92 Å². The Hall–Kier alpha value is -2.70. The highest BCUT2D eigenvalue weighted by Gasteiger charge is 2.56. The van der Waals surface area contributed by atoms with Crippen LogP contribution in [-0.4, -0.2) is 17.9 Å². The second-order valence-electron chi connectivity index (χ2n) is 9.50. The second-order valence-corrected chi connectivity index (χ2v) is 9.50. The van der Waals surface area contributed by atoms with Crippen LogP contribution in [0.3, 0.4) is 0 Å². The highest BCUT2D eigenvalue weighted by molar-refractivity contribution is 5.91. The van der Waals surface area contributed by atoms with Gasteiger partial charge >= 0.3 is 12.3 Å². The molecule has 0 heterocycles. The molecule has 0 radical (unpaired) electrons. The molecule has 2 aromatic rings. The normalized spacial score (nSPS) is 30.8. The number of benzene rings is 2. The first-order valence-electron chi connectivity index (χ1n) is 11.1. The van der Waals surface area contributed by atoms with Crippen molar-refractivity contribution in [2.24, 2.45) is 23.7 Å². The van der Waals surface area contributed by atoms with Crippen molar-refractivity contribution in [3.63, 3.8) is 0 Å². The number of alkyl halides is 3. The monoisotopic (exact) mass is 446 g/mol. The Balaban J connectivity index is 1.45. The van der Waals surface area contributed by atoms with E-state index in [4.69, 9.17) is 9.47 Å². The third-order valence-corrected chi connectivity index (χ3v) is 7.45. The largest absolute Gasteiger partial charge is 0.573 e. The van der Waals surface area contributed by atoms with E-state index in [1.165, 1.54) is 18.6 Å². The summed E-state index contributed by atoms with van der Waals surface area (Å²) in [7, 11) is 0. The summed E-state index contributed by atoms with van der Waals surface area (Å²) in [6.07, 6.45) is 0.536. The van der Waals surface area contributed by atoms with Crippen molar-refractivity contribution in [1.29, 1.82) is 0 Å². The number of ether oxygens (including phenoxy) is 3. The summed E-state index contributed by atoms with van der Waals surface area (Å²) in [5.41, 5.74) is -0.482. The smallest absolute Gasteiger partial charge is 0.483 e. The molecule has 7 heteroatoms. The summed E-state index contributed by atoms with van der Waals surface area (Å²) in [6, 6.07) is 12.2. The molecule has 170 valence electrons. The Morgan fingerprint density at radius 1 is 0.906 bits per heavy atom. The SMILES string of the molecule is CC1(Oc2cc(C(=O)Oc3ccccc3)ccc2OC(F)(F)F)C2CC3CC(C2)CC1C3. The Labute approximate surface area is 184 Å². The molecule has 4 nitrogen and oxygen atoms in total. The first-order valence-corrected chi connectivity index (χ1v) is 11.1. The molecule has 0 aromatic heterocycles. The van der Waals surface area contributed by atoms with Crippen LogP contribution in [0.1, 0.15) is 49.4 Å². The first-order chi connectivity index (χ1) is 15.2. The van der Waals surface area contributed by atoms with Crippen molar-refractivity contribution >= 4 is 5.97 Å². The molecule has 2 aromatic carbocycles. The minimum absolute atomic E-state index is 0.0696. The number of rotatable bonds is 5. The number of para-hydroxylation sites is 1. The van der Waals surface area contributed by atoms with E-state index in [0.717, 1.165) is 31.7 Å². The van der Waals surface area contributed by atoms with E-state index < -0.39 is 23.7 Å².